The van der Waals surface area contributed by atoms with Crippen molar-refractivity contribution in [3.05, 3.63) is 51.7 Å². The molecule has 0 bridgehead atoms. The van der Waals surface area contributed by atoms with Crippen LogP contribution in [0.5, 0.6) is 5.75 Å². The predicted octanol–water partition coefficient (Wildman–Crippen LogP) is 2.94. The Morgan fingerprint density at radius 2 is 1.85 bits per heavy atom. The molecule has 5 heteroatoms. The topological polar surface area (TPSA) is 69.4 Å². The number of nitrogens with two attached hydrogens (primary N) is 1. The molecule has 1 aromatic heterocycles. The van der Waals surface area contributed by atoms with Crippen LogP contribution in [0.1, 0.15) is 44.4 Å². The molecule has 2 N–H and O–H groups in total. The Kier molecular flexibility index (Phi) is 3.28. The number of amides is 1. The quantitative estimate of drug-likeness (QED) is 0.694. The van der Waals surface area contributed by atoms with Gasteiger partial charge in [0.2, 0.25) is 5.91 Å². The molecule has 1 amide bonds. The smallest absolute Gasteiger partial charge is 0.353 e. The Hall–Kier alpha value is -2.14. The second-order valence-corrected chi connectivity index (χ2v) is 5.67. The lowest BCUT2D eigenvalue weighted by Gasteiger charge is -2.05. The number of carbonyl (C=O) groups excluding carboxylic acids is 2. The third-order valence-electron chi connectivity index (χ3n) is 3.25. The van der Waals surface area contributed by atoms with Crippen LogP contribution >= 0.6 is 11.3 Å². The number of carbonyl (C=O) groups is 2. The Morgan fingerprint density at radius 3 is 2.45 bits per heavy atom. The SMILES string of the molecule is NC(=O)c1ccc(OC(=O)c2sccc2C2CC2)cc1. The van der Waals surface area contributed by atoms with Gasteiger partial charge in [-0.1, -0.05) is 0 Å². The zero-order valence-corrected chi connectivity index (χ0v) is 11.5. The molecule has 2 aromatic rings. The van der Waals surface area contributed by atoms with E-state index in [9.17, 15) is 9.59 Å². The normalized spacial score (nSPS) is 14.0. The number of benzene rings is 1. The van der Waals surface area contributed by atoms with E-state index in [1.165, 1.54) is 11.3 Å². The second-order valence-electron chi connectivity index (χ2n) is 4.76. The summed E-state index contributed by atoms with van der Waals surface area (Å²) < 4.78 is 5.33. The fraction of sp³-hybridized carbons (Fsp3) is 0.200. The van der Waals surface area contributed by atoms with Crippen molar-refractivity contribution in [3.63, 3.8) is 0 Å². The third-order valence-corrected chi connectivity index (χ3v) is 4.16. The van der Waals surface area contributed by atoms with Gasteiger partial charge in [0.1, 0.15) is 10.6 Å². The summed E-state index contributed by atoms with van der Waals surface area (Å²) in [6, 6.07) is 8.22. The van der Waals surface area contributed by atoms with Gasteiger partial charge in [-0.2, -0.15) is 0 Å². The number of thiophene rings is 1. The zero-order valence-electron chi connectivity index (χ0n) is 10.7. The molecule has 0 saturated heterocycles. The second kappa shape index (κ2) is 5.09. The van der Waals surface area contributed by atoms with Gasteiger partial charge in [-0.15, -0.1) is 11.3 Å². The Balaban J connectivity index is 1.75. The van der Waals surface area contributed by atoms with Gasteiger partial charge in [-0.05, 0) is 60.0 Å². The lowest BCUT2D eigenvalue weighted by molar-refractivity contribution is 0.0738. The number of hydrogen-bond acceptors (Lipinski definition) is 4. The lowest BCUT2D eigenvalue weighted by atomic mass is 10.1. The first kappa shape index (κ1) is 12.9. The number of ether oxygens (including phenoxy) is 1. The zero-order chi connectivity index (χ0) is 14.1. The van der Waals surface area contributed by atoms with E-state index in [4.69, 9.17) is 10.5 Å². The van der Waals surface area contributed by atoms with Crippen LogP contribution in [0.3, 0.4) is 0 Å². The first-order valence-corrected chi connectivity index (χ1v) is 7.22. The highest BCUT2D eigenvalue weighted by Crippen LogP contribution is 2.43. The minimum Gasteiger partial charge on any atom is -0.422 e. The number of primary amides is 1. The van der Waals surface area contributed by atoms with Crippen LogP contribution in [0.25, 0.3) is 0 Å². The van der Waals surface area contributed by atoms with E-state index < -0.39 is 5.91 Å². The van der Waals surface area contributed by atoms with Crippen molar-refractivity contribution >= 4 is 23.2 Å². The standard InChI is InChI=1S/C15H13NO3S/c16-14(17)10-3-5-11(6-4-10)19-15(18)13-12(7-8-20-13)9-1-2-9/h3-9H,1-2H2,(H2,16,17). The molecule has 4 nitrogen and oxygen atoms in total. The fourth-order valence-corrected chi connectivity index (χ4v) is 2.90. The molecule has 102 valence electrons. The minimum absolute atomic E-state index is 0.339. The minimum atomic E-state index is -0.503. The van der Waals surface area contributed by atoms with E-state index in [1.54, 1.807) is 24.3 Å². The largest absolute Gasteiger partial charge is 0.422 e. The molecule has 0 atom stereocenters. The predicted molar refractivity (Wildman–Crippen MR) is 76.2 cm³/mol. The third kappa shape index (κ3) is 2.58. The highest BCUT2D eigenvalue weighted by atomic mass is 32.1. The summed E-state index contributed by atoms with van der Waals surface area (Å²) in [5.74, 6) is 0.0852. The van der Waals surface area contributed by atoms with Gasteiger partial charge in [-0.3, -0.25) is 4.79 Å². The van der Waals surface area contributed by atoms with Crippen LogP contribution in [0, 0.1) is 0 Å². The van der Waals surface area contributed by atoms with Crippen LogP contribution < -0.4 is 10.5 Å². The molecule has 20 heavy (non-hydrogen) atoms. The summed E-state index contributed by atoms with van der Waals surface area (Å²) in [5, 5.41) is 1.92. The molecule has 1 fully saturated rings. The highest BCUT2D eigenvalue weighted by molar-refractivity contribution is 7.12. The Labute approximate surface area is 120 Å². The van der Waals surface area contributed by atoms with Crippen LogP contribution in [-0.2, 0) is 0 Å². The molecule has 1 heterocycles. The van der Waals surface area contributed by atoms with E-state index in [0.29, 0.717) is 22.1 Å². The maximum atomic E-state index is 12.1. The summed E-state index contributed by atoms with van der Waals surface area (Å²) in [5.41, 5.74) is 6.64. The van der Waals surface area contributed by atoms with Crippen molar-refractivity contribution in [3.8, 4) is 5.75 Å². The molecule has 0 aliphatic heterocycles. The molecule has 3 rings (SSSR count). The van der Waals surface area contributed by atoms with Crippen molar-refractivity contribution in [2.45, 2.75) is 18.8 Å². The van der Waals surface area contributed by atoms with E-state index in [0.717, 1.165) is 18.4 Å². The number of rotatable bonds is 4. The van der Waals surface area contributed by atoms with Gasteiger partial charge in [0.25, 0.3) is 0 Å². The van der Waals surface area contributed by atoms with E-state index in [-0.39, 0.29) is 5.97 Å². The van der Waals surface area contributed by atoms with Gasteiger partial charge < -0.3 is 10.5 Å². The van der Waals surface area contributed by atoms with Crippen LogP contribution in [-0.4, -0.2) is 11.9 Å². The van der Waals surface area contributed by atoms with Crippen molar-refractivity contribution in [1.82, 2.24) is 0 Å². The molecular weight excluding hydrogens is 274 g/mol. The summed E-state index contributed by atoms with van der Waals surface area (Å²) in [4.78, 5) is 23.8. The lowest BCUT2D eigenvalue weighted by Crippen LogP contribution is -2.11. The number of esters is 1. The molecule has 1 aliphatic rings. The van der Waals surface area contributed by atoms with E-state index >= 15 is 0 Å². The van der Waals surface area contributed by atoms with Gasteiger partial charge in [0, 0.05) is 5.56 Å². The number of hydrogen-bond donors (Lipinski definition) is 1. The monoisotopic (exact) mass is 287 g/mol. The molecule has 0 unspecified atom stereocenters. The molecule has 1 aromatic carbocycles. The van der Waals surface area contributed by atoms with Gasteiger partial charge >= 0.3 is 5.97 Å². The van der Waals surface area contributed by atoms with Crippen molar-refractivity contribution in [2.24, 2.45) is 5.73 Å². The summed E-state index contributed by atoms with van der Waals surface area (Å²) in [6.45, 7) is 0. The van der Waals surface area contributed by atoms with Gasteiger partial charge in [0.15, 0.2) is 0 Å². The summed E-state index contributed by atoms with van der Waals surface area (Å²) in [7, 11) is 0. The first-order chi connectivity index (χ1) is 9.65. The first-order valence-electron chi connectivity index (χ1n) is 6.34. The summed E-state index contributed by atoms with van der Waals surface area (Å²) in [6.07, 6.45) is 2.29. The molecule has 0 spiro atoms. The van der Waals surface area contributed by atoms with Crippen LogP contribution in [0.2, 0.25) is 0 Å². The summed E-state index contributed by atoms with van der Waals surface area (Å²) >= 11 is 1.40. The molecule has 1 saturated carbocycles. The van der Waals surface area contributed by atoms with E-state index in [2.05, 4.69) is 0 Å². The van der Waals surface area contributed by atoms with Crippen LogP contribution in [0.15, 0.2) is 35.7 Å². The van der Waals surface area contributed by atoms with Crippen molar-refractivity contribution in [1.29, 1.82) is 0 Å². The molecule has 1 aliphatic carbocycles. The fourth-order valence-electron chi connectivity index (χ4n) is 2.04. The molecule has 0 radical (unpaired) electrons. The maximum Gasteiger partial charge on any atom is 0.353 e. The average Bonchev–Trinajstić information content (AvgIpc) is 3.16. The Morgan fingerprint density at radius 1 is 1.15 bits per heavy atom. The highest BCUT2D eigenvalue weighted by Gasteiger charge is 2.29. The maximum absolute atomic E-state index is 12.1. The average molecular weight is 287 g/mol. The Bertz CT molecular complexity index is 656. The molecular formula is C15H13NO3S. The van der Waals surface area contributed by atoms with Gasteiger partial charge in [-0.25, -0.2) is 4.79 Å². The van der Waals surface area contributed by atoms with Crippen molar-refractivity contribution < 1.29 is 14.3 Å². The van der Waals surface area contributed by atoms with Gasteiger partial charge in [0.05, 0.1) is 0 Å². The van der Waals surface area contributed by atoms with Crippen molar-refractivity contribution in [2.75, 3.05) is 0 Å². The van der Waals surface area contributed by atoms with Crippen LogP contribution in [0.4, 0.5) is 0 Å². The van der Waals surface area contributed by atoms with E-state index in [1.807, 2.05) is 11.4 Å².